The van der Waals surface area contributed by atoms with Crippen LogP contribution in [-0.2, 0) is 15.1 Å². The lowest BCUT2D eigenvalue weighted by Gasteiger charge is -2.25. The van der Waals surface area contributed by atoms with Crippen LogP contribution >= 0.6 is 0 Å². The standard InChI is InChI=1S/C21H21N3O4/c1-3-21(16-7-5-4-6-8-16)19(27)24(20(28)23-21)13-18(26)15-9-11-17(12-10-15)22-14(2)25/h4-12H,3,13H2,1-2H3,(H,22,25)(H,23,28)/t21-/m0/s1. The molecule has 1 fully saturated rings. The van der Waals surface area contributed by atoms with Crippen molar-refractivity contribution in [3.8, 4) is 0 Å². The van der Waals surface area contributed by atoms with Gasteiger partial charge in [0.15, 0.2) is 5.78 Å². The third-order valence-electron chi connectivity index (χ3n) is 4.80. The number of urea groups is 1. The highest BCUT2D eigenvalue weighted by Gasteiger charge is 2.51. The van der Waals surface area contributed by atoms with Crippen molar-refractivity contribution in [3.63, 3.8) is 0 Å². The Morgan fingerprint density at radius 2 is 1.68 bits per heavy atom. The molecule has 0 saturated carbocycles. The van der Waals surface area contributed by atoms with E-state index in [1.807, 2.05) is 13.0 Å². The number of hydrogen-bond acceptors (Lipinski definition) is 4. The van der Waals surface area contributed by atoms with Gasteiger partial charge in [-0.1, -0.05) is 37.3 Å². The van der Waals surface area contributed by atoms with Crippen LogP contribution in [0.1, 0.15) is 36.2 Å². The Kier molecular flexibility index (Phi) is 5.26. The van der Waals surface area contributed by atoms with Crippen molar-refractivity contribution < 1.29 is 19.2 Å². The molecule has 0 bridgehead atoms. The molecule has 2 aromatic rings. The Balaban J connectivity index is 1.79. The van der Waals surface area contributed by atoms with Gasteiger partial charge in [0, 0.05) is 18.2 Å². The molecule has 0 spiro atoms. The lowest BCUT2D eigenvalue weighted by Crippen LogP contribution is -2.43. The fraction of sp³-hybridized carbons (Fsp3) is 0.238. The van der Waals surface area contributed by atoms with Crippen LogP contribution < -0.4 is 10.6 Å². The zero-order chi connectivity index (χ0) is 20.3. The van der Waals surface area contributed by atoms with Gasteiger partial charge in [-0.15, -0.1) is 0 Å². The Hall–Kier alpha value is -3.48. The van der Waals surface area contributed by atoms with Gasteiger partial charge in [-0.3, -0.25) is 19.3 Å². The van der Waals surface area contributed by atoms with E-state index in [9.17, 15) is 19.2 Å². The van der Waals surface area contributed by atoms with Crippen LogP contribution in [0.25, 0.3) is 0 Å². The third-order valence-corrected chi connectivity index (χ3v) is 4.80. The molecule has 0 radical (unpaired) electrons. The number of carbonyl (C=O) groups is 4. The number of nitrogens with one attached hydrogen (secondary N) is 2. The van der Waals surface area contributed by atoms with E-state index in [0.717, 1.165) is 4.90 Å². The zero-order valence-electron chi connectivity index (χ0n) is 15.7. The van der Waals surface area contributed by atoms with Crippen molar-refractivity contribution >= 4 is 29.3 Å². The molecule has 4 amide bonds. The van der Waals surface area contributed by atoms with Gasteiger partial charge in [0.25, 0.3) is 5.91 Å². The first-order valence-corrected chi connectivity index (χ1v) is 8.98. The topological polar surface area (TPSA) is 95.6 Å². The number of amides is 4. The van der Waals surface area contributed by atoms with Gasteiger partial charge in [-0.05, 0) is 36.2 Å². The lowest BCUT2D eigenvalue weighted by molar-refractivity contribution is -0.131. The molecule has 1 heterocycles. The molecule has 1 aliphatic heterocycles. The van der Waals surface area contributed by atoms with E-state index in [2.05, 4.69) is 10.6 Å². The second-order valence-electron chi connectivity index (χ2n) is 6.63. The summed E-state index contributed by atoms with van der Waals surface area (Å²) < 4.78 is 0. The highest BCUT2D eigenvalue weighted by Crippen LogP contribution is 2.32. The van der Waals surface area contributed by atoms with Gasteiger partial charge in [0.05, 0.1) is 6.54 Å². The molecule has 2 N–H and O–H groups in total. The highest BCUT2D eigenvalue weighted by atomic mass is 16.2. The molecule has 0 unspecified atom stereocenters. The molecule has 1 atom stereocenters. The number of nitrogens with zero attached hydrogens (tertiary/aromatic N) is 1. The number of ketones is 1. The first kappa shape index (κ1) is 19.3. The predicted octanol–water partition coefficient (Wildman–Crippen LogP) is 2.69. The minimum atomic E-state index is -1.16. The van der Waals surface area contributed by atoms with Crippen LogP contribution in [0.2, 0.25) is 0 Å². The Morgan fingerprint density at radius 3 is 2.25 bits per heavy atom. The van der Waals surface area contributed by atoms with Gasteiger partial charge in [-0.25, -0.2) is 4.79 Å². The summed E-state index contributed by atoms with van der Waals surface area (Å²) in [5.74, 6) is -1.01. The van der Waals surface area contributed by atoms with E-state index in [-0.39, 0.29) is 18.2 Å². The average molecular weight is 379 g/mol. The normalized spacial score (nSPS) is 18.7. The lowest BCUT2D eigenvalue weighted by atomic mass is 9.87. The number of rotatable bonds is 6. The first-order chi connectivity index (χ1) is 13.4. The molecule has 2 aromatic carbocycles. The molecular formula is C21H21N3O4. The summed E-state index contributed by atoms with van der Waals surface area (Å²) >= 11 is 0. The quantitative estimate of drug-likeness (QED) is 0.596. The van der Waals surface area contributed by atoms with Crippen LogP contribution in [-0.4, -0.2) is 35.1 Å². The van der Waals surface area contributed by atoms with E-state index >= 15 is 0 Å². The summed E-state index contributed by atoms with van der Waals surface area (Å²) in [5.41, 5.74) is 0.440. The summed E-state index contributed by atoms with van der Waals surface area (Å²) in [7, 11) is 0. The minimum absolute atomic E-state index is 0.213. The Bertz CT molecular complexity index is 924. The molecule has 1 saturated heterocycles. The first-order valence-electron chi connectivity index (χ1n) is 8.98. The number of carbonyl (C=O) groups excluding carboxylic acids is 4. The number of hydrogen-bond donors (Lipinski definition) is 2. The number of Topliss-reactive ketones (excluding diaryl/α,β-unsaturated/α-hetero) is 1. The van der Waals surface area contributed by atoms with Crippen molar-refractivity contribution in [3.05, 3.63) is 65.7 Å². The molecule has 28 heavy (non-hydrogen) atoms. The molecule has 7 nitrogen and oxygen atoms in total. The van der Waals surface area contributed by atoms with E-state index in [1.54, 1.807) is 48.5 Å². The van der Waals surface area contributed by atoms with E-state index in [1.165, 1.54) is 6.92 Å². The Morgan fingerprint density at radius 1 is 1.04 bits per heavy atom. The van der Waals surface area contributed by atoms with E-state index < -0.39 is 17.5 Å². The summed E-state index contributed by atoms with van der Waals surface area (Å²) in [5, 5.41) is 5.37. The van der Waals surface area contributed by atoms with Crippen molar-refractivity contribution in [2.24, 2.45) is 0 Å². The second-order valence-corrected chi connectivity index (χ2v) is 6.63. The second kappa shape index (κ2) is 7.64. The summed E-state index contributed by atoms with van der Waals surface area (Å²) in [6, 6.07) is 14.7. The fourth-order valence-electron chi connectivity index (χ4n) is 3.31. The third kappa shape index (κ3) is 3.51. The van der Waals surface area contributed by atoms with Crippen molar-refractivity contribution in [1.29, 1.82) is 0 Å². The van der Waals surface area contributed by atoms with E-state index in [4.69, 9.17) is 0 Å². The molecule has 3 rings (SSSR count). The van der Waals surface area contributed by atoms with Crippen molar-refractivity contribution in [2.75, 3.05) is 11.9 Å². The highest BCUT2D eigenvalue weighted by molar-refractivity contribution is 6.11. The van der Waals surface area contributed by atoms with Crippen LogP contribution in [0.15, 0.2) is 54.6 Å². The maximum absolute atomic E-state index is 13.1. The average Bonchev–Trinajstić information content (AvgIpc) is 2.94. The molecule has 1 aliphatic rings. The summed E-state index contributed by atoms with van der Waals surface area (Å²) in [6.07, 6.45) is 0.373. The molecule has 0 aromatic heterocycles. The van der Waals surface area contributed by atoms with E-state index in [0.29, 0.717) is 23.2 Å². The maximum atomic E-state index is 13.1. The van der Waals surface area contributed by atoms with Gasteiger partial charge in [0.1, 0.15) is 5.54 Å². The number of imide groups is 1. The number of anilines is 1. The van der Waals surface area contributed by atoms with Crippen molar-refractivity contribution in [2.45, 2.75) is 25.8 Å². The summed E-state index contributed by atoms with van der Waals surface area (Å²) in [4.78, 5) is 50.2. The van der Waals surface area contributed by atoms with Gasteiger partial charge >= 0.3 is 6.03 Å². The van der Waals surface area contributed by atoms with Crippen LogP contribution in [0.3, 0.4) is 0 Å². The molecule has 144 valence electrons. The molecular weight excluding hydrogens is 358 g/mol. The predicted molar refractivity (Wildman–Crippen MR) is 104 cm³/mol. The monoisotopic (exact) mass is 379 g/mol. The molecule has 0 aliphatic carbocycles. The van der Waals surface area contributed by atoms with Gasteiger partial charge < -0.3 is 10.6 Å². The Labute approximate surface area is 162 Å². The summed E-state index contributed by atoms with van der Waals surface area (Å²) in [6.45, 7) is 2.86. The molecule has 7 heteroatoms. The van der Waals surface area contributed by atoms with Gasteiger partial charge in [-0.2, -0.15) is 0 Å². The largest absolute Gasteiger partial charge is 0.326 e. The van der Waals surface area contributed by atoms with Crippen LogP contribution in [0, 0.1) is 0 Å². The van der Waals surface area contributed by atoms with Crippen LogP contribution in [0.5, 0.6) is 0 Å². The fourth-order valence-corrected chi connectivity index (χ4v) is 3.31. The van der Waals surface area contributed by atoms with Gasteiger partial charge in [0.2, 0.25) is 5.91 Å². The maximum Gasteiger partial charge on any atom is 0.325 e. The van der Waals surface area contributed by atoms with Crippen LogP contribution in [0.4, 0.5) is 10.5 Å². The SMILES string of the molecule is CC[C@@]1(c2ccccc2)NC(=O)N(CC(=O)c2ccc(NC(C)=O)cc2)C1=O. The zero-order valence-corrected chi connectivity index (χ0v) is 15.7. The minimum Gasteiger partial charge on any atom is -0.326 e. The number of benzene rings is 2. The van der Waals surface area contributed by atoms with Crippen molar-refractivity contribution in [1.82, 2.24) is 10.2 Å². The smallest absolute Gasteiger partial charge is 0.325 e.